The van der Waals surface area contributed by atoms with E-state index in [1.807, 2.05) is 13.8 Å². The summed E-state index contributed by atoms with van der Waals surface area (Å²) >= 11 is 0. The second kappa shape index (κ2) is 5.43. The quantitative estimate of drug-likeness (QED) is 0.516. The third-order valence-electron chi connectivity index (χ3n) is 3.19. The van der Waals surface area contributed by atoms with Gasteiger partial charge in [-0.3, -0.25) is 0 Å². The van der Waals surface area contributed by atoms with E-state index in [0.29, 0.717) is 18.1 Å². The standard InChI is InChI=1S/C11H21O3Si/c1-3-12-15(13-4-2)8-9-6-5-7-10-11(9)14-10/h9-11H,3-8H2,1-2H3. The van der Waals surface area contributed by atoms with Gasteiger partial charge in [0.1, 0.15) is 0 Å². The van der Waals surface area contributed by atoms with E-state index in [4.69, 9.17) is 13.6 Å². The fourth-order valence-electron chi connectivity index (χ4n) is 2.46. The van der Waals surface area contributed by atoms with Gasteiger partial charge in [0.25, 0.3) is 0 Å². The number of rotatable bonds is 6. The summed E-state index contributed by atoms with van der Waals surface area (Å²) in [4.78, 5) is 0. The first-order chi connectivity index (χ1) is 7.35. The maximum absolute atomic E-state index is 5.68. The molecule has 0 aromatic carbocycles. The van der Waals surface area contributed by atoms with Gasteiger partial charge < -0.3 is 13.6 Å². The topological polar surface area (TPSA) is 31.0 Å². The predicted molar refractivity (Wildman–Crippen MR) is 59.8 cm³/mol. The Balaban J connectivity index is 1.77. The normalized spacial score (nSPS) is 34.2. The molecule has 2 rings (SSSR count). The Morgan fingerprint density at radius 1 is 1.20 bits per heavy atom. The van der Waals surface area contributed by atoms with Crippen LogP contribution in [-0.2, 0) is 13.6 Å². The van der Waals surface area contributed by atoms with E-state index in [1.54, 1.807) is 0 Å². The van der Waals surface area contributed by atoms with Crippen LogP contribution in [0.3, 0.4) is 0 Å². The van der Waals surface area contributed by atoms with Crippen molar-refractivity contribution in [2.45, 2.75) is 51.4 Å². The van der Waals surface area contributed by atoms with E-state index in [1.165, 1.54) is 19.3 Å². The number of fused-ring (bicyclic) bond motifs is 1. The molecule has 1 aliphatic heterocycles. The lowest BCUT2D eigenvalue weighted by molar-refractivity contribution is 0.202. The minimum absolute atomic E-state index is 0.541. The van der Waals surface area contributed by atoms with Crippen LogP contribution in [0.1, 0.15) is 33.1 Å². The number of epoxide rings is 1. The Hall–Kier alpha value is 0.0969. The van der Waals surface area contributed by atoms with Gasteiger partial charge in [-0.1, -0.05) is 6.42 Å². The molecule has 3 nitrogen and oxygen atoms in total. The molecular weight excluding hydrogens is 208 g/mol. The van der Waals surface area contributed by atoms with Gasteiger partial charge in [0.2, 0.25) is 0 Å². The fraction of sp³-hybridized carbons (Fsp3) is 1.00. The van der Waals surface area contributed by atoms with Gasteiger partial charge in [-0.05, 0) is 38.7 Å². The van der Waals surface area contributed by atoms with Crippen molar-refractivity contribution in [3.63, 3.8) is 0 Å². The van der Waals surface area contributed by atoms with Crippen LogP contribution >= 0.6 is 0 Å². The van der Waals surface area contributed by atoms with Crippen LogP contribution in [0.15, 0.2) is 0 Å². The average Bonchev–Trinajstić information content (AvgIpc) is 2.98. The number of hydrogen-bond acceptors (Lipinski definition) is 3. The first kappa shape index (κ1) is 11.6. The summed E-state index contributed by atoms with van der Waals surface area (Å²) in [6.07, 6.45) is 5.01. The van der Waals surface area contributed by atoms with Crippen molar-refractivity contribution in [1.82, 2.24) is 0 Å². The van der Waals surface area contributed by atoms with Gasteiger partial charge in [-0.25, -0.2) is 0 Å². The van der Waals surface area contributed by atoms with Gasteiger partial charge >= 0.3 is 9.28 Å². The van der Waals surface area contributed by atoms with Crippen molar-refractivity contribution in [3.05, 3.63) is 0 Å². The first-order valence-electron chi connectivity index (χ1n) is 6.12. The largest absolute Gasteiger partial charge is 0.394 e. The summed E-state index contributed by atoms with van der Waals surface area (Å²) in [5, 5.41) is 0. The van der Waals surface area contributed by atoms with Crippen molar-refractivity contribution in [1.29, 1.82) is 0 Å². The lowest BCUT2D eigenvalue weighted by Gasteiger charge is -2.21. The van der Waals surface area contributed by atoms with E-state index < -0.39 is 9.28 Å². The second-order valence-corrected chi connectivity index (χ2v) is 6.00. The Bertz CT molecular complexity index is 194. The molecule has 0 bridgehead atoms. The highest BCUT2D eigenvalue weighted by Gasteiger charge is 2.48. The number of ether oxygens (including phenoxy) is 1. The summed E-state index contributed by atoms with van der Waals surface area (Å²) in [6.45, 7) is 5.63. The molecule has 1 saturated carbocycles. The molecule has 3 atom stereocenters. The lowest BCUT2D eigenvalue weighted by atomic mass is 9.91. The molecule has 2 fully saturated rings. The predicted octanol–water partition coefficient (Wildman–Crippen LogP) is 2.12. The molecule has 87 valence electrons. The minimum Gasteiger partial charge on any atom is -0.394 e. The minimum atomic E-state index is -1.03. The van der Waals surface area contributed by atoms with Crippen LogP contribution in [0.5, 0.6) is 0 Å². The highest BCUT2D eigenvalue weighted by atomic mass is 28.3. The van der Waals surface area contributed by atoms with E-state index in [-0.39, 0.29) is 0 Å². The molecule has 2 aliphatic rings. The Morgan fingerprint density at radius 2 is 1.93 bits per heavy atom. The van der Waals surface area contributed by atoms with Crippen molar-refractivity contribution < 1.29 is 13.6 Å². The maximum Gasteiger partial charge on any atom is 0.384 e. The van der Waals surface area contributed by atoms with Gasteiger partial charge in [-0.2, -0.15) is 0 Å². The average molecular weight is 229 g/mol. The summed E-state index contributed by atoms with van der Waals surface area (Å²) in [6, 6.07) is 1.10. The molecule has 0 amide bonds. The molecule has 3 unspecified atom stereocenters. The second-order valence-electron chi connectivity index (χ2n) is 4.27. The first-order valence-corrected chi connectivity index (χ1v) is 7.64. The third-order valence-corrected chi connectivity index (χ3v) is 5.27. The molecule has 15 heavy (non-hydrogen) atoms. The summed E-state index contributed by atoms with van der Waals surface area (Å²) in [5.74, 6) is 0.704. The van der Waals surface area contributed by atoms with Crippen LogP contribution in [-0.4, -0.2) is 34.7 Å². The molecule has 1 radical (unpaired) electrons. The SMILES string of the molecule is CCO[Si](CC1CCCC2OC12)OCC. The molecule has 1 aliphatic carbocycles. The Morgan fingerprint density at radius 3 is 2.60 bits per heavy atom. The van der Waals surface area contributed by atoms with Crippen molar-refractivity contribution in [2.75, 3.05) is 13.2 Å². The molecule has 4 heteroatoms. The highest BCUT2D eigenvalue weighted by molar-refractivity contribution is 6.44. The van der Waals surface area contributed by atoms with Crippen molar-refractivity contribution in [3.8, 4) is 0 Å². The van der Waals surface area contributed by atoms with E-state index in [9.17, 15) is 0 Å². The fourth-order valence-corrected chi connectivity index (χ4v) is 4.29. The lowest BCUT2D eigenvalue weighted by Crippen LogP contribution is -2.29. The summed E-state index contributed by atoms with van der Waals surface area (Å²) in [7, 11) is -1.03. The number of hydrogen-bond donors (Lipinski definition) is 0. The van der Waals surface area contributed by atoms with Gasteiger partial charge in [0.05, 0.1) is 12.2 Å². The Labute approximate surface area is 93.9 Å². The van der Waals surface area contributed by atoms with E-state index in [2.05, 4.69) is 0 Å². The molecule has 0 spiro atoms. The third kappa shape index (κ3) is 3.03. The van der Waals surface area contributed by atoms with Crippen LogP contribution in [0.2, 0.25) is 6.04 Å². The smallest absolute Gasteiger partial charge is 0.384 e. The van der Waals surface area contributed by atoms with Crippen molar-refractivity contribution >= 4 is 9.28 Å². The monoisotopic (exact) mass is 229 g/mol. The van der Waals surface area contributed by atoms with Gasteiger partial charge in [-0.15, -0.1) is 0 Å². The molecule has 1 heterocycles. The highest BCUT2D eigenvalue weighted by Crippen LogP contribution is 2.42. The molecule has 0 aromatic heterocycles. The van der Waals surface area contributed by atoms with Crippen LogP contribution in [0, 0.1) is 5.92 Å². The summed E-state index contributed by atoms with van der Waals surface area (Å²) < 4.78 is 17.0. The van der Waals surface area contributed by atoms with Crippen LogP contribution < -0.4 is 0 Å². The Kier molecular flexibility index (Phi) is 4.19. The zero-order valence-electron chi connectivity index (χ0n) is 9.70. The van der Waals surface area contributed by atoms with Crippen LogP contribution in [0.25, 0.3) is 0 Å². The van der Waals surface area contributed by atoms with E-state index >= 15 is 0 Å². The maximum atomic E-state index is 5.68. The van der Waals surface area contributed by atoms with Gasteiger partial charge in [0.15, 0.2) is 0 Å². The zero-order chi connectivity index (χ0) is 10.7. The van der Waals surface area contributed by atoms with Crippen molar-refractivity contribution in [2.24, 2.45) is 5.92 Å². The van der Waals surface area contributed by atoms with Crippen LogP contribution in [0.4, 0.5) is 0 Å². The van der Waals surface area contributed by atoms with Gasteiger partial charge in [0, 0.05) is 13.2 Å². The van der Waals surface area contributed by atoms with E-state index in [0.717, 1.165) is 19.3 Å². The summed E-state index contributed by atoms with van der Waals surface area (Å²) in [5.41, 5.74) is 0. The molecular formula is C11H21O3Si. The molecule has 0 N–H and O–H groups in total. The molecule has 1 saturated heterocycles. The zero-order valence-corrected chi connectivity index (χ0v) is 10.7. The molecule has 0 aromatic rings.